The van der Waals surface area contributed by atoms with Crippen LogP contribution in [0.4, 0.5) is 0 Å². The minimum Gasteiger partial charge on any atom is -0.294 e. The van der Waals surface area contributed by atoms with Gasteiger partial charge in [0.1, 0.15) is 0 Å². The number of Topliss-reactive ketones (excluding diaryl/α,β-unsaturated/α-hetero) is 1. The normalized spacial score (nSPS) is 44.2. The van der Waals surface area contributed by atoms with E-state index in [0.717, 1.165) is 48.4 Å². The Morgan fingerprint density at radius 2 is 2.00 bits per heavy atom. The summed E-state index contributed by atoms with van der Waals surface area (Å²) in [5.74, 6) is 3.54. The zero-order chi connectivity index (χ0) is 19.5. The molecule has 3 nitrogen and oxygen atoms in total. The Bertz CT molecular complexity index is 807. The second-order valence-corrected chi connectivity index (χ2v) is 10.6. The number of ketones is 1. The Hall–Kier alpha value is -1.38. The predicted octanol–water partition coefficient (Wildman–Crippen LogP) is 5.90. The van der Waals surface area contributed by atoms with E-state index < -0.39 is 0 Å². The largest absolute Gasteiger partial charge is 0.294 e. The van der Waals surface area contributed by atoms with Crippen molar-refractivity contribution in [3.05, 3.63) is 23.5 Å². The smallest absolute Gasteiger partial charge is 0.165 e. The molecule has 4 saturated carbocycles. The van der Waals surface area contributed by atoms with Gasteiger partial charge in [-0.25, -0.2) is 0 Å². The summed E-state index contributed by atoms with van der Waals surface area (Å²) in [5.41, 5.74) is 2.58. The number of rotatable bonds is 2. The van der Waals surface area contributed by atoms with Crippen LogP contribution in [0.2, 0.25) is 0 Å². The first-order chi connectivity index (χ1) is 13.5. The predicted molar refractivity (Wildman–Crippen MR) is 113 cm³/mol. The van der Waals surface area contributed by atoms with Crippen LogP contribution in [0.5, 0.6) is 0 Å². The average Bonchev–Trinajstić information content (AvgIpc) is 3.24. The Morgan fingerprint density at radius 1 is 1.14 bits per heavy atom. The number of nitrogens with zero attached hydrogens (tertiary/aromatic N) is 2. The number of hydrogen-bond donors (Lipinski definition) is 0. The van der Waals surface area contributed by atoms with E-state index in [1.165, 1.54) is 44.9 Å². The van der Waals surface area contributed by atoms with Crippen molar-refractivity contribution in [1.29, 1.82) is 0 Å². The first kappa shape index (κ1) is 18.6. The summed E-state index contributed by atoms with van der Waals surface area (Å²) in [4.78, 5) is 13.5. The van der Waals surface area contributed by atoms with Crippen molar-refractivity contribution in [2.45, 2.75) is 85.1 Å². The molecule has 28 heavy (non-hydrogen) atoms. The standard InChI is InChI=1S/C25H36N2O/c1-4-27-19(11-14-26-27)15-17-16-22-20-9-8-18-7-5-6-12-24(18,2)21(20)10-13-25(22,3)23(17)28/h11,14-15,18,20-22H,4-10,12-13,16H2,1-3H3/b17-15-/t18-,20+,21-,22-,24+,25-/m1/s1. The van der Waals surface area contributed by atoms with Gasteiger partial charge in [-0.2, -0.15) is 5.10 Å². The highest BCUT2D eigenvalue weighted by Crippen LogP contribution is 2.66. The van der Waals surface area contributed by atoms with Crippen molar-refractivity contribution in [2.24, 2.45) is 34.5 Å². The van der Waals surface area contributed by atoms with Gasteiger partial charge in [0.05, 0.1) is 5.69 Å². The lowest BCUT2D eigenvalue weighted by Gasteiger charge is -2.59. The number of aryl methyl sites for hydroxylation is 1. The maximum atomic E-state index is 13.5. The van der Waals surface area contributed by atoms with E-state index in [1.807, 2.05) is 16.9 Å². The van der Waals surface area contributed by atoms with E-state index in [2.05, 4.69) is 31.9 Å². The first-order valence-electron chi connectivity index (χ1n) is 11.7. The molecule has 0 bridgehead atoms. The lowest BCUT2D eigenvalue weighted by molar-refractivity contribution is -0.137. The van der Waals surface area contributed by atoms with Gasteiger partial charge >= 0.3 is 0 Å². The molecule has 3 heteroatoms. The van der Waals surface area contributed by atoms with E-state index in [0.29, 0.717) is 17.1 Å². The molecule has 1 aromatic heterocycles. The fourth-order valence-electron chi connectivity index (χ4n) is 8.00. The van der Waals surface area contributed by atoms with Gasteiger partial charge in [-0.05, 0) is 98.7 Å². The fraction of sp³-hybridized carbons (Fsp3) is 0.760. The molecule has 6 atom stereocenters. The highest BCUT2D eigenvalue weighted by molar-refractivity contribution is 6.05. The number of aromatic nitrogens is 2. The molecule has 0 unspecified atom stereocenters. The molecule has 0 N–H and O–H groups in total. The van der Waals surface area contributed by atoms with Gasteiger partial charge in [0, 0.05) is 18.2 Å². The third-order valence-electron chi connectivity index (χ3n) is 9.59. The molecule has 5 rings (SSSR count). The summed E-state index contributed by atoms with van der Waals surface area (Å²) < 4.78 is 2.00. The Balaban J connectivity index is 1.47. The molecule has 1 heterocycles. The van der Waals surface area contributed by atoms with Crippen LogP contribution >= 0.6 is 0 Å². The maximum absolute atomic E-state index is 13.5. The monoisotopic (exact) mass is 380 g/mol. The minimum absolute atomic E-state index is 0.123. The van der Waals surface area contributed by atoms with Gasteiger partial charge in [0.25, 0.3) is 0 Å². The van der Waals surface area contributed by atoms with Crippen LogP contribution in [0.15, 0.2) is 17.8 Å². The molecule has 1 aromatic rings. The van der Waals surface area contributed by atoms with Gasteiger partial charge in [-0.15, -0.1) is 0 Å². The maximum Gasteiger partial charge on any atom is 0.165 e. The molecule has 0 aromatic carbocycles. The Kier molecular flexibility index (Phi) is 4.37. The van der Waals surface area contributed by atoms with Crippen molar-refractivity contribution < 1.29 is 4.79 Å². The van der Waals surface area contributed by atoms with Crippen LogP contribution in [0, 0.1) is 34.5 Å². The molecule has 0 aliphatic heterocycles. The molecule has 4 fully saturated rings. The Morgan fingerprint density at radius 3 is 2.82 bits per heavy atom. The van der Waals surface area contributed by atoms with Crippen LogP contribution in [0.1, 0.15) is 84.3 Å². The van der Waals surface area contributed by atoms with Crippen molar-refractivity contribution in [1.82, 2.24) is 9.78 Å². The summed E-state index contributed by atoms with van der Waals surface area (Å²) in [6, 6.07) is 2.05. The number of fused-ring (bicyclic) bond motifs is 5. The number of allylic oxidation sites excluding steroid dienone is 1. The topological polar surface area (TPSA) is 34.9 Å². The fourth-order valence-corrected chi connectivity index (χ4v) is 8.00. The third kappa shape index (κ3) is 2.53. The van der Waals surface area contributed by atoms with Crippen LogP contribution < -0.4 is 0 Å². The van der Waals surface area contributed by atoms with E-state index in [9.17, 15) is 4.79 Å². The SMILES string of the molecule is CCn1nccc1/C=C1/C[C@@H]2[C@H]3CC[C@H]4CCCC[C@]4(C)[C@@H]3CC[C@@]2(C)C1=O. The van der Waals surface area contributed by atoms with Crippen LogP contribution in [-0.4, -0.2) is 15.6 Å². The van der Waals surface area contributed by atoms with Crippen molar-refractivity contribution in [3.8, 4) is 0 Å². The van der Waals surface area contributed by atoms with Gasteiger partial charge in [0.15, 0.2) is 5.78 Å². The van der Waals surface area contributed by atoms with Gasteiger partial charge in [-0.3, -0.25) is 9.48 Å². The van der Waals surface area contributed by atoms with E-state index in [4.69, 9.17) is 0 Å². The zero-order valence-corrected chi connectivity index (χ0v) is 17.9. The highest BCUT2D eigenvalue weighted by Gasteiger charge is 2.60. The first-order valence-corrected chi connectivity index (χ1v) is 11.7. The molecular weight excluding hydrogens is 344 g/mol. The summed E-state index contributed by atoms with van der Waals surface area (Å²) >= 11 is 0. The average molecular weight is 381 g/mol. The number of carbonyl (C=O) groups is 1. The number of carbonyl (C=O) groups excluding carboxylic acids is 1. The second-order valence-electron chi connectivity index (χ2n) is 10.6. The summed E-state index contributed by atoms with van der Waals surface area (Å²) in [5, 5.41) is 4.39. The van der Waals surface area contributed by atoms with Crippen LogP contribution in [-0.2, 0) is 11.3 Å². The molecule has 0 amide bonds. The van der Waals surface area contributed by atoms with Crippen molar-refractivity contribution in [2.75, 3.05) is 0 Å². The third-order valence-corrected chi connectivity index (χ3v) is 9.59. The molecule has 0 radical (unpaired) electrons. The quantitative estimate of drug-likeness (QED) is 0.599. The number of hydrogen-bond acceptors (Lipinski definition) is 2. The van der Waals surface area contributed by atoms with Gasteiger partial charge < -0.3 is 0 Å². The minimum atomic E-state index is -0.123. The van der Waals surface area contributed by atoms with Gasteiger partial charge in [0.2, 0.25) is 0 Å². The molecule has 4 aliphatic rings. The molecule has 0 saturated heterocycles. The zero-order valence-electron chi connectivity index (χ0n) is 17.9. The molecule has 152 valence electrons. The van der Waals surface area contributed by atoms with Crippen molar-refractivity contribution in [3.63, 3.8) is 0 Å². The van der Waals surface area contributed by atoms with Crippen LogP contribution in [0.3, 0.4) is 0 Å². The summed E-state index contributed by atoms with van der Waals surface area (Å²) in [7, 11) is 0. The second kappa shape index (κ2) is 6.57. The van der Waals surface area contributed by atoms with Gasteiger partial charge in [-0.1, -0.05) is 26.7 Å². The Labute approximate surface area is 170 Å². The summed E-state index contributed by atoms with van der Waals surface area (Å²) in [6.07, 6.45) is 15.9. The molecule has 4 aliphatic carbocycles. The highest BCUT2D eigenvalue weighted by atomic mass is 16.1. The lowest BCUT2D eigenvalue weighted by atomic mass is 9.45. The molecule has 0 spiro atoms. The van der Waals surface area contributed by atoms with E-state index in [1.54, 1.807) is 0 Å². The van der Waals surface area contributed by atoms with Crippen LogP contribution in [0.25, 0.3) is 6.08 Å². The van der Waals surface area contributed by atoms with E-state index in [-0.39, 0.29) is 5.41 Å². The van der Waals surface area contributed by atoms with E-state index >= 15 is 0 Å². The lowest BCUT2D eigenvalue weighted by Crippen LogP contribution is -2.52. The molecular formula is C25H36N2O. The van der Waals surface area contributed by atoms with Crippen molar-refractivity contribution >= 4 is 11.9 Å². The summed E-state index contributed by atoms with van der Waals surface area (Å²) in [6.45, 7) is 7.87.